The molecule has 0 saturated heterocycles. The van der Waals surface area contributed by atoms with Crippen molar-refractivity contribution in [2.24, 2.45) is 4.99 Å². The Balaban J connectivity index is 0.00000363. The number of nitrogens with zero attached hydrogens (tertiary/aromatic N) is 4. The summed E-state index contributed by atoms with van der Waals surface area (Å²) in [6, 6.07) is 16.3. The van der Waals surface area contributed by atoms with Gasteiger partial charge in [-0.1, -0.05) is 36.4 Å². The molecule has 0 aliphatic carbocycles. The number of hydrogen-bond acceptors (Lipinski definition) is 4. The first-order valence-corrected chi connectivity index (χ1v) is 10.3. The molecule has 2 aromatic carbocycles. The smallest absolute Gasteiger partial charge is 0.193 e. The van der Waals surface area contributed by atoms with Gasteiger partial charge in [-0.2, -0.15) is 5.10 Å². The number of ether oxygens (including phenoxy) is 2. The summed E-state index contributed by atoms with van der Waals surface area (Å²) in [7, 11) is 7.14. The normalized spacial score (nSPS) is 10.9. The summed E-state index contributed by atoms with van der Waals surface area (Å²) in [4.78, 5) is 6.53. The van der Waals surface area contributed by atoms with E-state index in [0.29, 0.717) is 6.54 Å². The summed E-state index contributed by atoms with van der Waals surface area (Å²) in [5, 5.41) is 7.89. The zero-order valence-corrected chi connectivity index (χ0v) is 21.4. The van der Waals surface area contributed by atoms with Gasteiger partial charge in [0, 0.05) is 38.9 Å². The van der Waals surface area contributed by atoms with Gasteiger partial charge in [0.2, 0.25) is 0 Å². The van der Waals surface area contributed by atoms with Crippen molar-refractivity contribution in [3.8, 4) is 11.5 Å². The first-order chi connectivity index (χ1) is 15.1. The Morgan fingerprint density at radius 2 is 1.78 bits per heavy atom. The summed E-state index contributed by atoms with van der Waals surface area (Å²) >= 11 is 0. The van der Waals surface area contributed by atoms with Crippen molar-refractivity contribution in [2.75, 3.05) is 34.9 Å². The van der Waals surface area contributed by atoms with Crippen LogP contribution in [0.4, 0.5) is 0 Å². The average Bonchev–Trinajstić information content (AvgIpc) is 3.25. The number of benzene rings is 2. The number of guanidine groups is 1. The second-order valence-corrected chi connectivity index (χ2v) is 7.29. The molecule has 1 heterocycles. The summed E-state index contributed by atoms with van der Waals surface area (Å²) in [6.45, 7) is 2.26. The van der Waals surface area contributed by atoms with Crippen molar-refractivity contribution < 1.29 is 9.47 Å². The monoisotopic (exact) mass is 549 g/mol. The van der Waals surface area contributed by atoms with Crippen LogP contribution in [0.1, 0.15) is 16.7 Å². The third kappa shape index (κ3) is 7.15. The molecule has 1 aromatic heterocycles. The molecular formula is C24H32IN5O2. The molecular weight excluding hydrogens is 517 g/mol. The van der Waals surface area contributed by atoms with Gasteiger partial charge in [-0.05, 0) is 29.7 Å². The Labute approximate surface area is 207 Å². The Kier molecular flexibility index (Phi) is 10.3. The number of aliphatic imine (C=N–C) groups is 1. The minimum atomic E-state index is 0. The Bertz CT molecular complexity index is 991. The Hall–Kier alpha value is -2.75. The van der Waals surface area contributed by atoms with Crippen LogP contribution in [0.25, 0.3) is 0 Å². The molecule has 3 aromatic rings. The van der Waals surface area contributed by atoms with E-state index < -0.39 is 0 Å². The van der Waals surface area contributed by atoms with Gasteiger partial charge in [-0.15, -0.1) is 24.0 Å². The van der Waals surface area contributed by atoms with Crippen LogP contribution in [0, 0.1) is 0 Å². The van der Waals surface area contributed by atoms with Gasteiger partial charge in [-0.3, -0.25) is 9.67 Å². The molecule has 0 atom stereocenters. The third-order valence-electron chi connectivity index (χ3n) is 5.08. The van der Waals surface area contributed by atoms with E-state index in [1.165, 1.54) is 11.1 Å². The SMILES string of the molecule is CN=C(NCc1cnn(Cc2ccccc2)c1)N(C)CCc1ccc(OC)c(OC)c1.I. The predicted molar refractivity (Wildman–Crippen MR) is 139 cm³/mol. The number of hydrogen-bond donors (Lipinski definition) is 1. The predicted octanol–water partition coefficient (Wildman–Crippen LogP) is 3.82. The van der Waals surface area contributed by atoms with Crippen LogP contribution in [0.5, 0.6) is 11.5 Å². The highest BCUT2D eigenvalue weighted by atomic mass is 127. The number of nitrogens with one attached hydrogen (secondary N) is 1. The van der Waals surface area contributed by atoms with E-state index in [9.17, 15) is 0 Å². The molecule has 8 heteroatoms. The molecule has 0 fully saturated rings. The topological polar surface area (TPSA) is 63.9 Å². The highest BCUT2D eigenvalue weighted by Gasteiger charge is 2.09. The number of methoxy groups -OCH3 is 2. The van der Waals surface area contributed by atoms with Crippen LogP contribution in [-0.4, -0.2) is 55.5 Å². The van der Waals surface area contributed by atoms with E-state index in [2.05, 4.69) is 44.7 Å². The van der Waals surface area contributed by atoms with Crippen LogP contribution in [0.15, 0.2) is 65.9 Å². The summed E-state index contributed by atoms with van der Waals surface area (Å²) in [6.07, 6.45) is 4.83. The fraction of sp³-hybridized carbons (Fsp3) is 0.333. The van der Waals surface area contributed by atoms with Crippen molar-refractivity contribution in [1.82, 2.24) is 20.0 Å². The summed E-state index contributed by atoms with van der Waals surface area (Å²) in [5.74, 6) is 2.33. The summed E-state index contributed by atoms with van der Waals surface area (Å²) < 4.78 is 12.7. The average molecular weight is 549 g/mol. The number of rotatable bonds is 9. The van der Waals surface area contributed by atoms with E-state index in [-0.39, 0.29) is 24.0 Å². The Morgan fingerprint density at radius 1 is 1.03 bits per heavy atom. The third-order valence-corrected chi connectivity index (χ3v) is 5.08. The fourth-order valence-corrected chi connectivity index (χ4v) is 3.36. The number of likely N-dealkylation sites (N-methyl/N-ethyl adjacent to an activating group) is 1. The maximum atomic E-state index is 5.40. The number of aromatic nitrogens is 2. The molecule has 172 valence electrons. The Morgan fingerprint density at radius 3 is 2.47 bits per heavy atom. The minimum absolute atomic E-state index is 0. The molecule has 32 heavy (non-hydrogen) atoms. The molecule has 0 aliphatic heterocycles. The first kappa shape index (κ1) is 25.5. The molecule has 0 aliphatic rings. The van der Waals surface area contributed by atoms with Crippen molar-refractivity contribution in [1.29, 1.82) is 0 Å². The zero-order chi connectivity index (χ0) is 22.1. The molecule has 7 nitrogen and oxygen atoms in total. The molecule has 0 amide bonds. The van der Waals surface area contributed by atoms with Gasteiger partial charge in [-0.25, -0.2) is 0 Å². The van der Waals surface area contributed by atoms with Crippen LogP contribution >= 0.6 is 24.0 Å². The largest absolute Gasteiger partial charge is 0.493 e. The van der Waals surface area contributed by atoms with E-state index in [4.69, 9.17) is 9.47 Å². The van der Waals surface area contributed by atoms with E-state index >= 15 is 0 Å². The van der Waals surface area contributed by atoms with E-state index in [1.54, 1.807) is 21.3 Å². The van der Waals surface area contributed by atoms with Gasteiger partial charge < -0.3 is 19.7 Å². The first-order valence-electron chi connectivity index (χ1n) is 10.3. The lowest BCUT2D eigenvalue weighted by atomic mass is 10.1. The molecule has 0 unspecified atom stereocenters. The van der Waals surface area contributed by atoms with Gasteiger partial charge in [0.15, 0.2) is 17.5 Å². The van der Waals surface area contributed by atoms with Crippen molar-refractivity contribution in [3.05, 3.63) is 77.6 Å². The van der Waals surface area contributed by atoms with Crippen molar-refractivity contribution >= 4 is 29.9 Å². The van der Waals surface area contributed by atoms with Gasteiger partial charge in [0.25, 0.3) is 0 Å². The zero-order valence-electron chi connectivity index (χ0n) is 19.1. The molecule has 0 radical (unpaired) electrons. The maximum absolute atomic E-state index is 5.40. The van der Waals surface area contributed by atoms with Gasteiger partial charge in [0.1, 0.15) is 0 Å². The maximum Gasteiger partial charge on any atom is 0.193 e. The second-order valence-electron chi connectivity index (χ2n) is 7.29. The van der Waals surface area contributed by atoms with Crippen LogP contribution in [0.3, 0.4) is 0 Å². The molecule has 3 rings (SSSR count). The van der Waals surface area contributed by atoms with Crippen LogP contribution in [0.2, 0.25) is 0 Å². The fourth-order valence-electron chi connectivity index (χ4n) is 3.36. The molecule has 0 spiro atoms. The van der Waals surface area contributed by atoms with Crippen LogP contribution < -0.4 is 14.8 Å². The lowest BCUT2D eigenvalue weighted by molar-refractivity contribution is 0.354. The van der Waals surface area contributed by atoms with Crippen LogP contribution in [-0.2, 0) is 19.5 Å². The van der Waals surface area contributed by atoms with E-state index in [1.807, 2.05) is 48.3 Å². The molecule has 0 bridgehead atoms. The van der Waals surface area contributed by atoms with Gasteiger partial charge >= 0.3 is 0 Å². The molecule has 1 N–H and O–H groups in total. The van der Waals surface area contributed by atoms with E-state index in [0.717, 1.165) is 42.5 Å². The number of halogens is 1. The van der Waals surface area contributed by atoms with Crippen molar-refractivity contribution in [2.45, 2.75) is 19.5 Å². The lowest BCUT2D eigenvalue weighted by Crippen LogP contribution is -2.39. The minimum Gasteiger partial charge on any atom is -0.493 e. The summed E-state index contributed by atoms with van der Waals surface area (Å²) in [5.41, 5.74) is 3.53. The molecule has 0 saturated carbocycles. The standard InChI is InChI=1S/C24H31N5O2.HI/c1-25-24(28(2)13-12-19-10-11-22(30-3)23(14-19)31-4)26-15-21-16-27-29(18-21)17-20-8-6-5-7-9-20;/h5-11,14,16,18H,12-13,15,17H2,1-4H3,(H,25,26);1H. The highest BCUT2D eigenvalue weighted by molar-refractivity contribution is 14.0. The van der Waals surface area contributed by atoms with Gasteiger partial charge in [0.05, 0.1) is 27.0 Å². The highest BCUT2D eigenvalue weighted by Crippen LogP contribution is 2.27. The quantitative estimate of drug-likeness (QED) is 0.250. The van der Waals surface area contributed by atoms with Crippen molar-refractivity contribution in [3.63, 3.8) is 0 Å². The lowest BCUT2D eigenvalue weighted by Gasteiger charge is -2.22. The second kappa shape index (κ2) is 12.9.